The molecule has 0 unspecified atom stereocenters. The molecule has 88 valence electrons. The van der Waals surface area contributed by atoms with Crippen LogP contribution in [0.2, 0.25) is 0 Å². The Bertz CT molecular complexity index is 481. The molecule has 5 nitrogen and oxygen atoms in total. The molecule has 0 aliphatic rings. The SMILES string of the molecule is CCCS(=O)(=O)Nc1cccc(C(=O)O)c1. The van der Waals surface area contributed by atoms with Crippen LogP contribution in [0.1, 0.15) is 23.7 Å². The predicted molar refractivity (Wildman–Crippen MR) is 61.1 cm³/mol. The van der Waals surface area contributed by atoms with E-state index in [0.717, 1.165) is 0 Å². The summed E-state index contributed by atoms with van der Waals surface area (Å²) in [5, 5.41) is 8.73. The van der Waals surface area contributed by atoms with Crippen LogP contribution in [-0.4, -0.2) is 25.2 Å². The second-order valence-corrected chi connectivity index (χ2v) is 5.15. The topological polar surface area (TPSA) is 83.5 Å². The molecule has 0 spiro atoms. The van der Waals surface area contributed by atoms with E-state index in [0.29, 0.717) is 6.42 Å². The summed E-state index contributed by atoms with van der Waals surface area (Å²) < 4.78 is 25.2. The molecule has 0 aliphatic heterocycles. The molecule has 0 bridgehead atoms. The number of nitrogens with one attached hydrogen (secondary N) is 1. The van der Waals surface area contributed by atoms with Gasteiger partial charge in [0.05, 0.1) is 11.3 Å². The Hall–Kier alpha value is -1.56. The minimum atomic E-state index is -3.37. The zero-order chi connectivity index (χ0) is 12.2. The van der Waals surface area contributed by atoms with Crippen molar-refractivity contribution in [3.63, 3.8) is 0 Å². The minimum absolute atomic E-state index is 0.0182. The average molecular weight is 243 g/mol. The maximum Gasteiger partial charge on any atom is 0.335 e. The van der Waals surface area contributed by atoms with Crippen LogP contribution in [0.5, 0.6) is 0 Å². The van der Waals surface area contributed by atoms with Crippen LogP contribution in [0.15, 0.2) is 24.3 Å². The maximum atomic E-state index is 11.4. The highest BCUT2D eigenvalue weighted by molar-refractivity contribution is 7.92. The molecule has 0 amide bonds. The number of carboxylic acid groups (broad SMARTS) is 1. The highest BCUT2D eigenvalue weighted by Crippen LogP contribution is 2.12. The van der Waals surface area contributed by atoms with Crippen LogP contribution in [0.4, 0.5) is 5.69 Å². The Morgan fingerprint density at radius 2 is 2.12 bits per heavy atom. The standard InChI is InChI=1S/C10H13NO4S/c1-2-6-16(14,15)11-9-5-3-4-8(7-9)10(12)13/h3-5,7,11H,2,6H2,1H3,(H,12,13). The van der Waals surface area contributed by atoms with Crippen molar-refractivity contribution < 1.29 is 18.3 Å². The lowest BCUT2D eigenvalue weighted by molar-refractivity contribution is 0.0697. The summed E-state index contributed by atoms with van der Waals surface area (Å²) in [6, 6.07) is 5.70. The van der Waals surface area contributed by atoms with Gasteiger partial charge in [-0.1, -0.05) is 13.0 Å². The molecule has 1 aromatic rings. The molecule has 0 saturated carbocycles. The summed E-state index contributed by atoms with van der Waals surface area (Å²) in [6.45, 7) is 1.76. The van der Waals surface area contributed by atoms with E-state index in [1.165, 1.54) is 24.3 Å². The molecule has 1 aromatic carbocycles. The third-order valence-corrected chi connectivity index (χ3v) is 3.35. The molecule has 0 atom stereocenters. The van der Waals surface area contributed by atoms with Crippen molar-refractivity contribution in [2.24, 2.45) is 0 Å². The number of aromatic carboxylic acids is 1. The summed E-state index contributed by atoms with van der Waals surface area (Å²) >= 11 is 0. The lowest BCUT2D eigenvalue weighted by Crippen LogP contribution is -2.16. The second kappa shape index (κ2) is 4.98. The van der Waals surface area contributed by atoms with E-state index in [9.17, 15) is 13.2 Å². The first-order chi connectivity index (χ1) is 7.44. The van der Waals surface area contributed by atoms with Crippen molar-refractivity contribution in [3.8, 4) is 0 Å². The van der Waals surface area contributed by atoms with Gasteiger partial charge < -0.3 is 5.11 Å². The summed E-state index contributed by atoms with van der Waals surface area (Å²) in [5.74, 6) is -1.07. The fourth-order valence-corrected chi connectivity index (χ4v) is 2.34. The molecule has 16 heavy (non-hydrogen) atoms. The Kier molecular flexibility index (Phi) is 3.89. The largest absolute Gasteiger partial charge is 0.478 e. The van der Waals surface area contributed by atoms with Gasteiger partial charge in [0.2, 0.25) is 10.0 Å². The first kappa shape index (κ1) is 12.5. The van der Waals surface area contributed by atoms with Crippen molar-refractivity contribution in [1.82, 2.24) is 0 Å². The van der Waals surface area contributed by atoms with Crippen molar-refractivity contribution in [2.75, 3.05) is 10.5 Å². The molecule has 6 heteroatoms. The molecule has 0 fully saturated rings. The zero-order valence-corrected chi connectivity index (χ0v) is 9.62. The summed E-state index contributed by atoms with van der Waals surface area (Å²) in [7, 11) is -3.37. The van der Waals surface area contributed by atoms with Crippen molar-refractivity contribution in [2.45, 2.75) is 13.3 Å². The summed E-state index contributed by atoms with van der Waals surface area (Å²) in [5.41, 5.74) is 0.324. The molecule has 0 heterocycles. The van der Waals surface area contributed by atoms with Crippen LogP contribution in [0, 0.1) is 0 Å². The fourth-order valence-electron chi connectivity index (χ4n) is 1.22. The summed E-state index contributed by atoms with van der Waals surface area (Å²) in [4.78, 5) is 10.7. The number of carbonyl (C=O) groups is 1. The van der Waals surface area contributed by atoms with Crippen LogP contribution in [0.3, 0.4) is 0 Å². The molecule has 0 saturated heterocycles. The highest BCUT2D eigenvalue weighted by Gasteiger charge is 2.10. The third kappa shape index (κ3) is 3.54. The summed E-state index contributed by atoms with van der Waals surface area (Å²) in [6.07, 6.45) is 0.508. The normalized spacial score (nSPS) is 11.1. The van der Waals surface area contributed by atoms with E-state index in [1.54, 1.807) is 6.92 Å². The van der Waals surface area contributed by atoms with E-state index in [4.69, 9.17) is 5.11 Å². The van der Waals surface area contributed by atoms with Gasteiger partial charge in [-0.3, -0.25) is 4.72 Å². The van der Waals surface area contributed by atoms with Gasteiger partial charge in [-0.2, -0.15) is 0 Å². The van der Waals surface area contributed by atoms with Crippen LogP contribution >= 0.6 is 0 Å². The van der Waals surface area contributed by atoms with E-state index < -0.39 is 16.0 Å². The van der Waals surface area contributed by atoms with Gasteiger partial charge in [0.15, 0.2) is 0 Å². The number of sulfonamides is 1. The third-order valence-electron chi connectivity index (χ3n) is 1.86. The number of rotatable bonds is 5. The monoisotopic (exact) mass is 243 g/mol. The Morgan fingerprint density at radius 1 is 1.44 bits per heavy atom. The maximum absolute atomic E-state index is 11.4. The molecule has 0 aliphatic carbocycles. The van der Waals surface area contributed by atoms with Gasteiger partial charge in [-0.15, -0.1) is 0 Å². The Labute approximate surface area is 94.2 Å². The second-order valence-electron chi connectivity index (χ2n) is 3.31. The number of carboxylic acids is 1. The van der Waals surface area contributed by atoms with Crippen LogP contribution in [-0.2, 0) is 10.0 Å². The first-order valence-electron chi connectivity index (χ1n) is 4.78. The number of hydrogen-bond donors (Lipinski definition) is 2. The molecule has 2 N–H and O–H groups in total. The van der Waals surface area contributed by atoms with Gasteiger partial charge in [0, 0.05) is 5.69 Å². The minimum Gasteiger partial charge on any atom is -0.478 e. The quantitative estimate of drug-likeness (QED) is 0.821. The number of hydrogen-bond acceptors (Lipinski definition) is 3. The molecule has 1 rings (SSSR count). The predicted octanol–water partition coefficient (Wildman–Crippen LogP) is 1.54. The Morgan fingerprint density at radius 3 is 2.69 bits per heavy atom. The van der Waals surface area contributed by atoms with E-state index in [2.05, 4.69) is 4.72 Å². The first-order valence-corrected chi connectivity index (χ1v) is 6.43. The number of anilines is 1. The zero-order valence-electron chi connectivity index (χ0n) is 8.80. The van der Waals surface area contributed by atoms with Gasteiger partial charge in [-0.25, -0.2) is 13.2 Å². The van der Waals surface area contributed by atoms with Gasteiger partial charge in [0.1, 0.15) is 0 Å². The average Bonchev–Trinajstić information content (AvgIpc) is 2.17. The van der Waals surface area contributed by atoms with Gasteiger partial charge in [0.25, 0.3) is 0 Å². The molecular weight excluding hydrogens is 230 g/mol. The highest BCUT2D eigenvalue weighted by atomic mass is 32.2. The lowest BCUT2D eigenvalue weighted by Gasteiger charge is -2.07. The van der Waals surface area contributed by atoms with E-state index in [1.807, 2.05) is 0 Å². The smallest absolute Gasteiger partial charge is 0.335 e. The van der Waals surface area contributed by atoms with Gasteiger partial charge in [-0.05, 0) is 24.6 Å². The molecule has 0 radical (unpaired) electrons. The van der Waals surface area contributed by atoms with E-state index in [-0.39, 0.29) is 17.0 Å². The molecular formula is C10H13NO4S. The van der Waals surface area contributed by atoms with Crippen LogP contribution < -0.4 is 4.72 Å². The van der Waals surface area contributed by atoms with Crippen molar-refractivity contribution in [3.05, 3.63) is 29.8 Å². The fraction of sp³-hybridized carbons (Fsp3) is 0.300. The van der Waals surface area contributed by atoms with Crippen LogP contribution in [0.25, 0.3) is 0 Å². The lowest BCUT2D eigenvalue weighted by atomic mass is 10.2. The van der Waals surface area contributed by atoms with Gasteiger partial charge >= 0.3 is 5.97 Å². The van der Waals surface area contributed by atoms with E-state index >= 15 is 0 Å². The van der Waals surface area contributed by atoms with Crippen molar-refractivity contribution in [1.29, 1.82) is 0 Å². The molecule has 0 aromatic heterocycles. The number of benzene rings is 1. The van der Waals surface area contributed by atoms with Crippen molar-refractivity contribution >= 4 is 21.7 Å². The Balaban J connectivity index is 2.90.